The Hall–Kier alpha value is -0.160. The first-order valence-electron chi connectivity index (χ1n) is 2.30. The highest BCUT2D eigenvalue weighted by atomic mass is 35.5. The van der Waals surface area contributed by atoms with E-state index in [4.69, 9.17) is 16.7 Å². The van der Waals surface area contributed by atoms with Gasteiger partial charge in [0.25, 0.3) is 0 Å². The lowest BCUT2D eigenvalue weighted by Gasteiger charge is -2.21. The molecule has 1 unspecified atom stereocenters. The molecule has 1 atom stereocenters. The van der Waals surface area contributed by atoms with Crippen LogP contribution in [0.4, 0.5) is 13.2 Å². The molecule has 2 nitrogen and oxygen atoms in total. The average Bonchev–Trinajstić information content (AvgIpc) is 1.83. The highest BCUT2D eigenvalue weighted by Crippen LogP contribution is 2.37. The number of hydrogen-bond acceptors (Lipinski definition) is 1. The van der Waals surface area contributed by atoms with Crippen molar-refractivity contribution in [3.8, 4) is 0 Å². The van der Waals surface area contributed by atoms with E-state index in [0.29, 0.717) is 0 Å². The predicted molar refractivity (Wildman–Crippen MR) is 33.0 cm³/mol. The summed E-state index contributed by atoms with van der Waals surface area (Å²) < 4.78 is 35.3. The summed E-state index contributed by atoms with van der Waals surface area (Å²) in [6.07, 6.45) is -5.04. The van der Waals surface area contributed by atoms with E-state index in [-0.39, 0.29) is 0 Å². The Labute approximate surface area is 69.9 Å². The molecule has 0 amide bonds. The third-order valence-corrected chi connectivity index (χ3v) is 2.02. The summed E-state index contributed by atoms with van der Waals surface area (Å²) in [6.45, 7) is 0. The molecule has 0 spiro atoms. The first-order chi connectivity index (χ1) is 4.75. The Kier molecular flexibility index (Phi) is 3.02. The van der Waals surface area contributed by atoms with Crippen molar-refractivity contribution >= 4 is 29.2 Å². The van der Waals surface area contributed by atoms with Gasteiger partial charge < -0.3 is 5.11 Å². The van der Waals surface area contributed by atoms with Crippen molar-refractivity contribution in [2.45, 2.75) is 11.1 Å². The van der Waals surface area contributed by atoms with E-state index >= 15 is 0 Å². The van der Waals surface area contributed by atoms with Gasteiger partial charge in [0, 0.05) is 0 Å². The number of rotatable bonds is 2. The molecule has 0 saturated carbocycles. The summed E-state index contributed by atoms with van der Waals surface area (Å²) in [7, 11) is 0. The van der Waals surface area contributed by atoms with Crippen LogP contribution in [0.1, 0.15) is 0 Å². The van der Waals surface area contributed by atoms with Gasteiger partial charge in [-0.1, -0.05) is 11.6 Å². The maximum absolute atomic E-state index is 11.8. The standard InChI is InChI=1S/C4H3Cl2F3O2/c5-1-3(6,2(10)11)4(7,8)9/h1H2,(H,10,11). The quantitative estimate of drug-likeness (QED) is 0.707. The SMILES string of the molecule is O=C(O)C(Cl)(CCl)C(F)(F)F. The minimum absolute atomic E-state index is 1.21. The second kappa shape index (κ2) is 3.06. The van der Waals surface area contributed by atoms with Crippen molar-refractivity contribution in [1.82, 2.24) is 0 Å². The van der Waals surface area contributed by atoms with E-state index in [2.05, 4.69) is 11.6 Å². The van der Waals surface area contributed by atoms with Gasteiger partial charge in [0.15, 0.2) is 0 Å². The molecule has 0 aliphatic rings. The lowest BCUT2D eigenvalue weighted by molar-refractivity contribution is -0.180. The number of alkyl halides is 5. The highest BCUT2D eigenvalue weighted by Gasteiger charge is 2.59. The third-order valence-electron chi connectivity index (χ3n) is 0.972. The average molecular weight is 211 g/mol. The second-order valence-corrected chi connectivity index (χ2v) is 2.65. The Bertz CT molecular complexity index is 169. The van der Waals surface area contributed by atoms with Gasteiger partial charge in [0.1, 0.15) is 0 Å². The van der Waals surface area contributed by atoms with Crippen LogP contribution in [0.5, 0.6) is 0 Å². The number of halogens is 5. The molecular weight excluding hydrogens is 208 g/mol. The van der Waals surface area contributed by atoms with Crippen LogP contribution >= 0.6 is 23.2 Å². The lowest BCUT2D eigenvalue weighted by atomic mass is 10.1. The minimum Gasteiger partial charge on any atom is -0.480 e. The molecule has 0 aromatic carbocycles. The Morgan fingerprint density at radius 3 is 1.82 bits per heavy atom. The first-order valence-corrected chi connectivity index (χ1v) is 3.22. The number of carboxylic acid groups (broad SMARTS) is 1. The summed E-state index contributed by atoms with van der Waals surface area (Å²) in [6, 6.07) is 0. The summed E-state index contributed by atoms with van der Waals surface area (Å²) in [4.78, 5) is 6.60. The summed E-state index contributed by atoms with van der Waals surface area (Å²) >= 11 is 9.43. The smallest absolute Gasteiger partial charge is 0.419 e. The van der Waals surface area contributed by atoms with Crippen LogP contribution in [0.25, 0.3) is 0 Å². The van der Waals surface area contributed by atoms with Crippen LogP contribution in [0.2, 0.25) is 0 Å². The van der Waals surface area contributed by atoms with E-state index in [1.807, 2.05) is 0 Å². The molecule has 0 heterocycles. The van der Waals surface area contributed by atoms with Crippen LogP contribution < -0.4 is 0 Å². The molecule has 0 fully saturated rings. The Balaban J connectivity index is 4.75. The topological polar surface area (TPSA) is 37.3 Å². The van der Waals surface area contributed by atoms with Crippen molar-refractivity contribution in [3.63, 3.8) is 0 Å². The van der Waals surface area contributed by atoms with E-state index in [0.717, 1.165) is 0 Å². The molecule has 7 heteroatoms. The fourth-order valence-corrected chi connectivity index (χ4v) is 0.520. The van der Waals surface area contributed by atoms with Crippen molar-refractivity contribution in [2.75, 3.05) is 5.88 Å². The normalized spacial score (nSPS) is 17.5. The monoisotopic (exact) mass is 210 g/mol. The zero-order valence-electron chi connectivity index (χ0n) is 4.95. The number of carbonyl (C=O) groups is 1. The molecule has 0 aliphatic heterocycles. The maximum atomic E-state index is 11.8. The van der Waals surface area contributed by atoms with Gasteiger partial charge in [0.2, 0.25) is 4.87 Å². The fourth-order valence-electron chi connectivity index (χ4n) is 0.254. The molecule has 0 rings (SSSR count). The molecule has 0 radical (unpaired) electrons. The number of carboxylic acids is 1. The predicted octanol–water partition coefficient (Wildman–Crippen LogP) is 1.85. The summed E-state index contributed by atoms with van der Waals surface area (Å²) in [5.41, 5.74) is 0. The van der Waals surface area contributed by atoms with Gasteiger partial charge in [-0.2, -0.15) is 13.2 Å². The van der Waals surface area contributed by atoms with Gasteiger partial charge >= 0.3 is 12.1 Å². The molecule has 0 bridgehead atoms. The zero-order valence-corrected chi connectivity index (χ0v) is 6.46. The van der Waals surface area contributed by atoms with Gasteiger partial charge in [0.05, 0.1) is 5.88 Å². The van der Waals surface area contributed by atoms with Gasteiger partial charge in [-0.25, -0.2) is 4.79 Å². The van der Waals surface area contributed by atoms with Crippen molar-refractivity contribution in [1.29, 1.82) is 0 Å². The molecule has 1 N–H and O–H groups in total. The molecule has 11 heavy (non-hydrogen) atoms. The van der Waals surface area contributed by atoms with Gasteiger partial charge in [-0.15, -0.1) is 11.6 Å². The molecule has 0 saturated heterocycles. The number of aliphatic carboxylic acids is 1. The largest absolute Gasteiger partial charge is 0.480 e. The Morgan fingerprint density at radius 1 is 1.45 bits per heavy atom. The molecule has 0 aromatic rings. The van der Waals surface area contributed by atoms with Crippen LogP contribution in [-0.2, 0) is 4.79 Å². The first kappa shape index (κ1) is 10.8. The van der Waals surface area contributed by atoms with E-state index in [1.54, 1.807) is 0 Å². The van der Waals surface area contributed by atoms with Crippen LogP contribution in [0.3, 0.4) is 0 Å². The zero-order chi connectivity index (χ0) is 9.28. The Morgan fingerprint density at radius 2 is 1.82 bits per heavy atom. The van der Waals surface area contributed by atoms with Crippen LogP contribution in [-0.4, -0.2) is 28.0 Å². The van der Waals surface area contributed by atoms with Gasteiger partial charge in [-0.05, 0) is 0 Å². The van der Waals surface area contributed by atoms with Crippen LogP contribution in [0, 0.1) is 0 Å². The molecule has 66 valence electrons. The minimum atomic E-state index is -5.04. The molecular formula is C4H3Cl2F3O2. The third kappa shape index (κ3) is 1.90. The van der Waals surface area contributed by atoms with Crippen molar-refractivity contribution < 1.29 is 23.1 Å². The van der Waals surface area contributed by atoms with E-state index in [1.165, 1.54) is 0 Å². The fraction of sp³-hybridized carbons (Fsp3) is 0.750. The number of hydrogen-bond donors (Lipinski definition) is 1. The second-order valence-electron chi connectivity index (χ2n) is 1.74. The van der Waals surface area contributed by atoms with Gasteiger partial charge in [-0.3, -0.25) is 0 Å². The van der Waals surface area contributed by atoms with Crippen LogP contribution in [0.15, 0.2) is 0 Å². The van der Waals surface area contributed by atoms with Crippen molar-refractivity contribution in [2.24, 2.45) is 0 Å². The summed E-state index contributed by atoms with van der Waals surface area (Å²) in [5, 5.41) is 8.03. The highest BCUT2D eigenvalue weighted by molar-refractivity contribution is 6.39. The lowest BCUT2D eigenvalue weighted by Crippen LogP contribution is -2.48. The van der Waals surface area contributed by atoms with E-state index < -0.39 is 22.9 Å². The van der Waals surface area contributed by atoms with E-state index in [9.17, 15) is 18.0 Å². The summed E-state index contributed by atoms with van der Waals surface area (Å²) in [5.74, 6) is -3.41. The molecule has 0 aliphatic carbocycles. The molecule has 0 aromatic heterocycles. The van der Waals surface area contributed by atoms with Crippen molar-refractivity contribution in [3.05, 3.63) is 0 Å². The maximum Gasteiger partial charge on any atom is 0.419 e.